The van der Waals surface area contributed by atoms with Crippen molar-refractivity contribution in [1.29, 1.82) is 0 Å². The van der Waals surface area contributed by atoms with Gasteiger partial charge in [-0.05, 0) is 36.8 Å². The van der Waals surface area contributed by atoms with E-state index in [2.05, 4.69) is 0 Å². The van der Waals surface area contributed by atoms with Gasteiger partial charge in [0.15, 0.2) is 0 Å². The van der Waals surface area contributed by atoms with Gasteiger partial charge in [0.1, 0.15) is 23.4 Å². The van der Waals surface area contributed by atoms with Crippen molar-refractivity contribution < 1.29 is 29.6 Å². The van der Waals surface area contributed by atoms with Crippen molar-refractivity contribution >= 4 is 29.5 Å². The van der Waals surface area contributed by atoms with E-state index < -0.39 is 12.1 Å². The molecule has 8 heteroatoms. The molecule has 1 heterocycles. The van der Waals surface area contributed by atoms with E-state index in [1.807, 2.05) is 0 Å². The molecule has 1 aliphatic heterocycles. The number of esters is 1. The Kier molecular flexibility index (Phi) is 5.88. The Morgan fingerprint density at radius 3 is 2.07 bits per heavy atom. The summed E-state index contributed by atoms with van der Waals surface area (Å²) in [5.74, 6) is -0.0272. The fraction of sp³-hybridized carbons (Fsp3) is 0.211. The Morgan fingerprint density at radius 1 is 1.04 bits per heavy atom. The molecule has 0 spiro atoms. The third-order valence-electron chi connectivity index (χ3n) is 3.88. The van der Waals surface area contributed by atoms with E-state index in [0.717, 1.165) is 23.5 Å². The first-order chi connectivity index (χ1) is 13.0. The lowest BCUT2D eigenvalue weighted by atomic mass is 10.0. The molecule has 1 unspecified atom stereocenters. The highest BCUT2D eigenvalue weighted by Crippen LogP contribution is 2.59. The molecule has 0 saturated heterocycles. The maximum Gasteiger partial charge on any atom is 0.338 e. The summed E-state index contributed by atoms with van der Waals surface area (Å²) in [6.45, 7) is 1.84. The molecule has 1 aliphatic rings. The number of rotatable bonds is 5. The summed E-state index contributed by atoms with van der Waals surface area (Å²) in [6.07, 6.45) is -1.23. The van der Waals surface area contributed by atoms with E-state index in [0.29, 0.717) is 25.3 Å². The Hall–Kier alpha value is -2.29. The first-order valence-electron chi connectivity index (χ1n) is 8.10. The van der Waals surface area contributed by atoms with Crippen molar-refractivity contribution in [2.75, 3.05) is 13.7 Å². The Balaban J connectivity index is 2.04. The third kappa shape index (κ3) is 3.87. The van der Waals surface area contributed by atoms with Gasteiger partial charge in [-0.3, -0.25) is 0 Å². The van der Waals surface area contributed by atoms with Crippen molar-refractivity contribution in [3.63, 3.8) is 0 Å². The number of thioether (sulfide) groups is 2. The molecule has 2 aromatic rings. The monoisotopic (exact) mass is 406 g/mol. The molecule has 0 bridgehead atoms. The summed E-state index contributed by atoms with van der Waals surface area (Å²) in [6, 6.07) is 9.47. The fourth-order valence-corrected chi connectivity index (χ4v) is 5.16. The molecular formula is C19H18O6S2. The van der Waals surface area contributed by atoms with Crippen LogP contribution in [0.15, 0.2) is 56.0 Å². The number of aliphatic hydroxyl groups excluding tert-OH is 1. The Labute approximate surface area is 164 Å². The molecule has 142 valence electrons. The minimum atomic E-state index is -1.23. The maximum atomic E-state index is 12.6. The van der Waals surface area contributed by atoms with Crippen molar-refractivity contribution in [2.24, 2.45) is 0 Å². The Morgan fingerprint density at radius 2 is 1.59 bits per heavy atom. The van der Waals surface area contributed by atoms with Crippen LogP contribution in [-0.2, 0) is 9.53 Å². The molecule has 0 saturated carbocycles. The van der Waals surface area contributed by atoms with E-state index in [4.69, 9.17) is 9.47 Å². The summed E-state index contributed by atoms with van der Waals surface area (Å²) in [7, 11) is 1.54. The maximum absolute atomic E-state index is 12.6. The van der Waals surface area contributed by atoms with Gasteiger partial charge >= 0.3 is 5.97 Å². The predicted octanol–water partition coefficient (Wildman–Crippen LogP) is 3.81. The van der Waals surface area contributed by atoms with Gasteiger partial charge in [0.2, 0.25) is 0 Å². The summed E-state index contributed by atoms with van der Waals surface area (Å²) < 4.78 is 10.7. The molecule has 3 rings (SSSR count). The standard InChI is InChI=1S/C19H18O6S2/c1-3-25-18(23)14(15(22)10-4-6-11(24-2)7-5-10)19-26-16-12(20)8-9-13(21)17(16)27-19/h4-9,15,20-22H,3H2,1-2H3. The first-order valence-corrected chi connectivity index (χ1v) is 9.73. The fourth-order valence-electron chi connectivity index (χ4n) is 2.52. The first kappa shape index (κ1) is 19.5. The smallest absolute Gasteiger partial charge is 0.338 e. The lowest BCUT2D eigenvalue weighted by Gasteiger charge is -2.16. The molecule has 0 amide bonds. The largest absolute Gasteiger partial charge is 0.507 e. The van der Waals surface area contributed by atoms with Crippen LogP contribution in [0.1, 0.15) is 18.6 Å². The van der Waals surface area contributed by atoms with Crippen molar-refractivity contribution in [3.8, 4) is 17.2 Å². The zero-order valence-electron chi connectivity index (χ0n) is 14.6. The number of hydrogen-bond donors (Lipinski definition) is 3. The van der Waals surface area contributed by atoms with Gasteiger partial charge in [0.25, 0.3) is 0 Å². The number of benzene rings is 2. The Bertz CT molecular complexity index is 859. The van der Waals surface area contributed by atoms with Crippen molar-refractivity contribution in [1.82, 2.24) is 0 Å². The topological polar surface area (TPSA) is 96.2 Å². The summed E-state index contributed by atoms with van der Waals surface area (Å²) in [5, 5.41) is 31.0. The second kappa shape index (κ2) is 8.16. The van der Waals surface area contributed by atoms with Crippen LogP contribution in [0.4, 0.5) is 0 Å². The molecule has 3 N–H and O–H groups in total. The van der Waals surface area contributed by atoms with Crippen LogP contribution < -0.4 is 4.74 Å². The molecule has 6 nitrogen and oxygen atoms in total. The number of ether oxygens (including phenoxy) is 2. The number of aliphatic hydroxyl groups is 1. The lowest BCUT2D eigenvalue weighted by molar-refractivity contribution is -0.139. The van der Waals surface area contributed by atoms with Crippen LogP contribution >= 0.6 is 23.5 Å². The minimum Gasteiger partial charge on any atom is -0.507 e. The van der Waals surface area contributed by atoms with Gasteiger partial charge in [0.05, 0.1) is 33.3 Å². The number of hydrogen-bond acceptors (Lipinski definition) is 8. The molecule has 0 aromatic heterocycles. The highest BCUT2D eigenvalue weighted by molar-refractivity contribution is 8.24. The second-order valence-electron chi connectivity index (χ2n) is 5.56. The van der Waals surface area contributed by atoms with Gasteiger partial charge < -0.3 is 24.8 Å². The van der Waals surface area contributed by atoms with Gasteiger partial charge in [0, 0.05) is 0 Å². The van der Waals surface area contributed by atoms with Gasteiger partial charge in [-0.15, -0.1) is 0 Å². The number of phenolic OH excluding ortho intramolecular Hbond substituents is 2. The highest BCUT2D eigenvalue weighted by atomic mass is 32.2. The van der Waals surface area contributed by atoms with Crippen molar-refractivity contribution in [3.05, 3.63) is 51.8 Å². The van der Waals surface area contributed by atoms with E-state index >= 15 is 0 Å². The highest BCUT2D eigenvalue weighted by Gasteiger charge is 2.33. The summed E-state index contributed by atoms with van der Waals surface area (Å²) in [5.41, 5.74) is 0.559. The molecule has 2 aromatic carbocycles. The SMILES string of the molecule is CCOC(=O)C(=C1Sc2c(O)ccc(O)c2S1)C(O)c1ccc(OC)cc1. The molecular weight excluding hydrogens is 388 g/mol. The average Bonchev–Trinajstić information content (AvgIpc) is 3.11. The van der Waals surface area contributed by atoms with Crippen LogP contribution in [0.25, 0.3) is 0 Å². The van der Waals surface area contributed by atoms with Gasteiger partial charge in [-0.25, -0.2) is 4.79 Å². The number of methoxy groups -OCH3 is 1. The van der Waals surface area contributed by atoms with Gasteiger partial charge in [-0.1, -0.05) is 35.7 Å². The van der Waals surface area contributed by atoms with Crippen LogP contribution in [-0.4, -0.2) is 35.0 Å². The van der Waals surface area contributed by atoms with Crippen molar-refractivity contribution in [2.45, 2.75) is 22.8 Å². The number of aromatic hydroxyl groups is 2. The van der Waals surface area contributed by atoms with E-state index in [1.165, 1.54) is 12.1 Å². The quantitative estimate of drug-likeness (QED) is 0.392. The molecule has 0 fully saturated rings. The van der Waals surface area contributed by atoms with E-state index in [1.54, 1.807) is 38.3 Å². The molecule has 1 atom stereocenters. The molecule has 27 heavy (non-hydrogen) atoms. The minimum absolute atomic E-state index is 0.00236. The second-order valence-corrected chi connectivity index (χ2v) is 7.86. The zero-order chi connectivity index (χ0) is 19.6. The molecule has 0 aliphatic carbocycles. The number of phenols is 2. The third-order valence-corrected chi connectivity index (χ3v) is 6.55. The van der Waals surface area contributed by atoms with Gasteiger partial charge in [-0.2, -0.15) is 0 Å². The van der Waals surface area contributed by atoms with Crippen LogP contribution in [0.5, 0.6) is 17.2 Å². The predicted molar refractivity (Wildman–Crippen MR) is 103 cm³/mol. The average molecular weight is 406 g/mol. The number of carbonyl (C=O) groups is 1. The zero-order valence-corrected chi connectivity index (χ0v) is 16.3. The van der Waals surface area contributed by atoms with Crippen LogP contribution in [0.3, 0.4) is 0 Å². The van der Waals surface area contributed by atoms with Crippen LogP contribution in [0, 0.1) is 0 Å². The van der Waals surface area contributed by atoms with E-state index in [9.17, 15) is 20.1 Å². The summed E-state index contributed by atoms with van der Waals surface area (Å²) in [4.78, 5) is 13.5. The number of carbonyl (C=O) groups excluding carboxylic acids is 1. The summed E-state index contributed by atoms with van der Waals surface area (Å²) >= 11 is 2.23. The lowest BCUT2D eigenvalue weighted by Crippen LogP contribution is -2.15. The van der Waals surface area contributed by atoms with E-state index in [-0.39, 0.29) is 23.7 Å². The number of fused-ring (bicyclic) bond motifs is 1. The molecule has 0 radical (unpaired) electrons. The van der Waals surface area contributed by atoms with Crippen LogP contribution in [0.2, 0.25) is 0 Å². The normalized spacial score (nSPS) is 13.8.